The molecule has 2 N–H and O–H groups in total. The number of aromatic nitrogens is 2. The summed E-state index contributed by atoms with van der Waals surface area (Å²) in [6.45, 7) is 6.29. The Kier molecular flexibility index (Phi) is 7.72. The van der Waals surface area contributed by atoms with Gasteiger partial charge in [0.05, 0.1) is 17.5 Å². The summed E-state index contributed by atoms with van der Waals surface area (Å²) in [5, 5.41) is 2.91. The van der Waals surface area contributed by atoms with Crippen LogP contribution in [-0.2, 0) is 11.2 Å². The standard InChI is InChI=1S/C19H25N3O3S/c1-4-6-9-14-12-17(23)22-19(20-14)26-13(3)18(24)21-15-10-7-8-11-16(15)25-5-2/h7-8,10-13H,4-6,9H2,1-3H3,(H,21,24)(H,20,22,23). The van der Waals surface area contributed by atoms with Crippen LogP contribution in [0.3, 0.4) is 0 Å². The molecule has 6 nitrogen and oxygen atoms in total. The van der Waals surface area contributed by atoms with E-state index in [0.29, 0.717) is 23.2 Å². The number of ether oxygens (including phenoxy) is 1. The van der Waals surface area contributed by atoms with E-state index in [2.05, 4.69) is 22.2 Å². The molecule has 1 heterocycles. The summed E-state index contributed by atoms with van der Waals surface area (Å²) in [6, 6.07) is 8.82. The van der Waals surface area contributed by atoms with Gasteiger partial charge in [-0.2, -0.15) is 0 Å². The number of carbonyl (C=O) groups is 1. The molecule has 2 aromatic rings. The number of thioether (sulfide) groups is 1. The fraction of sp³-hybridized carbons (Fsp3) is 0.421. The van der Waals surface area contributed by atoms with Crippen molar-refractivity contribution in [2.45, 2.75) is 50.4 Å². The summed E-state index contributed by atoms with van der Waals surface area (Å²) in [5.41, 5.74) is 1.19. The number of unbranched alkanes of at least 4 members (excludes halogenated alkanes) is 1. The molecule has 2 rings (SSSR count). The number of aromatic amines is 1. The first kappa shape index (κ1) is 20.0. The third-order valence-corrected chi connectivity index (χ3v) is 4.65. The van der Waals surface area contributed by atoms with Gasteiger partial charge in [0.15, 0.2) is 5.16 Å². The molecular weight excluding hydrogens is 350 g/mol. The fourth-order valence-corrected chi connectivity index (χ4v) is 3.16. The second-order valence-corrected chi connectivity index (χ2v) is 7.15. The van der Waals surface area contributed by atoms with E-state index < -0.39 is 5.25 Å². The number of para-hydroxylation sites is 2. The highest BCUT2D eigenvalue weighted by atomic mass is 32.2. The van der Waals surface area contributed by atoms with Crippen LogP contribution in [-0.4, -0.2) is 27.7 Å². The number of carbonyl (C=O) groups excluding carboxylic acids is 1. The van der Waals surface area contributed by atoms with Gasteiger partial charge in [0.1, 0.15) is 5.75 Å². The number of hydrogen-bond acceptors (Lipinski definition) is 5. The molecule has 0 aliphatic carbocycles. The van der Waals surface area contributed by atoms with Crippen molar-refractivity contribution in [1.29, 1.82) is 0 Å². The molecule has 1 atom stereocenters. The van der Waals surface area contributed by atoms with Crippen LogP contribution in [0.1, 0.15) is 39.3 Å². The third kappa shape index (κ3) is 5.91. The SMILES string of the molecule is CCCCc1cc(=O)[nH]c(SC(C)C(=O)Nc2ccccc2OCC)n1. The van der Waals surface area contributed by atoms with Gasteiger partial charge in [0.25, 0.3) is 5.56 Å². The van der Waals surface area contributed by atoms with Crippen LogP contribution in [0.5, 0.6) is 5.75 Å². The normalized spacial score (nSPS) is 11.8. The lowest BCUT2D eigenvalue weighted by atomic mass is 10.2. The predicted octanol–water partition coefficient (Wildman–Crippen LogP) is 3.63. The van der Waals surface area contributed by atoms with Gasteiger partial charge < -0.3 is 15.0 Å². The number of anilines is 1. The largest absolute Gasteiger partial charge is 0.492 e. The van der Waals surface area contributed by atoms with Gasteiger partial charge in [-0.05, 0) is 38.8 Å². The number of hydrogen-bond donors (Lipinski definition) is 2. The molecule has 0 aliphatic rings. The first-order valence-corrected chi connectivity index (χ1v) is 9.71. The number of H-pyrrole nitrogens is 1. The Bertz CT molecular complexity index is 792. The summed E-state index contributed by atoms with van der Waals surface area (Å²) in [4.78, 5) is 31.5. The van der Waals surface area contributed by atoms with Crippen molar-refractivity contribution in [3.05, 3.63) is 46.4 Å². The molecule has 0 spiro atoms. The Morgan fingerprint density at radius 1 is 1.35 bits per heavy atom. The van der Waals surface area contributed by atoms with Crippen molar-refractivity contribution in [2.75, 3.05) is 11.9 Å². The van der Waals surface area contributed by atoms with Crippen LogP contribution in [0.2, 0.25) is 0 Å². The summed E-state index contributed by atoms with van der Waals surface area (Å²) in [7, 11) is 0. The smallest absolute Gasteiger partial charge is 0.251 e. The number of aryl methyl sites for hydroxylation is 1. The fourth-order valence-electron chi connectivity index (χ4n) is 2.33. The zero-order valence-electron chi connectivity index (χ0n) is 15.4. The minimum Gasteiger partial charge on any atom is -0.492 e. The lowest BCUT2D eigenvalue weighted by molar-refractivity contribution is -0.115. The number of rotatable bonds is 9. The Morgan fingerprint density at radius 3 is 2.85 bits per heavy atom. The lowest BCUT2D eigenvalue weighted by Gasteiger charge is -2.14. The second kappa shape index (κ2) is 10.0. The second-order valence-electron chi connectivity index (χ2n) is 5.82. The maximum atomic E-state index is 12.5. The van der Waals surface area contributed by atoms with Crippen molar-refractivity contribution in [3.63, 3.8) is 0 Å². The first-order valence-electron chi connectivity index (χ1n) is 8.83. The molecular formula is C19H25N3O3S. The number of nitrogens with one attached hydrogen (secondary N) is 2. The van der Waals surface area contributed by atoms with E-state index in [0.717, 1.165) is 25.0 Å². The quantitative estimate of drug-likeness (QED) is 0.516. The van der Waals surface area contributed by atoms with Gasteiger partial charge >= 0.3 is 0 Å². The zero-order chi connectivity index (χ0) is 18.9. The van der Waals surface area contributed by atoms with E-state index in [1.165, 1.54) is 17.8 Å². The molecule has 0 saturated carbocycles. The van der Waals surface area contributed by atoms with E-state index in [-0.39, 0.29) is 11.5 Å². The summed E-state index contributed by atoms with van der Waals surface area (Å²) >= 11 is 1.23. The van der Waals surface area contributed by atoms with Crippen LogP contribution in [0, 0.1) is 0 Å². The summed E-state index contributed by atoms with van der Waals surface area (Å²) < 4.78 is 5.52. The Labute approximate surface area is 157 Å². The van der Waals surface area contributed by atoms with E-state index in [1.54, 1.807) is 13.0 Å². The van der Waals surface area contributed by atoms with Crippen LogP contribution >= 0.6 is 11.8 Å². The monoisotopic (exact) mass is 375 g/mol. The average molecular weight is 375 g/mol. The van der Waals surface area contributed by atoms with Crippen molar-refractivity contribution >= 4 is 23.4 Å². The van der Waals surface area contributed by atoms with Gasteiger partial charge in [0, 0.05) is 11.8 Å². The van der Waals surface area contributed by atoms with Crippen LogP contribution in [0.25, 0.3) is 0 Å². The van der Waals surface area contributed by atoms with Crippen molar-refractivity contribution < 1.29 is 9.53 Å². The van der Waals surface area contributed by atoms with Crippen LogP contribution < -0.4 is 15.6 Å². The highest BCUT2D eigenvalue weighted by Crippen LogP contribution is 2.26. The molecule has 140 valence electrons. The Hall–Kier alpha value is -2.28. The minimum atomic E-state index is -0.422. The molecule has 1 unspecified atom stereocenters. The van der Waals surface area contributed by atoms with E-state index >= 15 is 0 Å². The predicted molar refractivity (Wildman–Crippen MR) is 105 cm³/mol. The van der Waals surface area contributed by atoms with E-state index in [4.69, 9.17) is 4.74 Å². The first-order chi connectivity index (χ1) is 12.5. The maximum Gasteiger partial charge on any atom is 0.251 e. The number of benzene rings is 1. The van der Waals surface area contributed by atoms with Gasteiger partial charge in [-0.1, -0.05) is 37.2 Å². The highest BCUT2D eigenvalue weighted by Gasteiger charge is 2.18. The molecule has 1 amide bonds. The molecule has 0 fully saturated rings. The van der Waals surface area contributed by atoms with Crippen molar-refractivity contribution in [1.82, 2.24) is 9.97 Å². The molecule has 0 saturated heterocycles. The zero-order valence-corrected chi connectivity index (χ0v) is 16.2. The van der Waals surface area contributed by atoms with E-state index in [9.17, 15) is 9.59 Å². The molecule has 1 aromatic heterocycles. The molecule has 26 heavy (non-hydrogen) atoms. The third-order valence-electron chi connectivity index (χ3n) is 3.66. The van der Waals surface area contributed by atoms with Gasteiger partial charge in [-0.15, -0.1) is 0 Å². The average Bonchev–Trinajstić information content (AvgIpc) is 2.61. The van der Waals surface area contributed by atoms with Crippen molar-refractivity contribution in [2.24, 2.45) is 0 Å². The summed E-state index contributed by atoms with van der Waals surface area (Å²) in [6.07, 6.45) is 2.77. The molecule has 7 heteroatoms. The molecule has 0 bridgehead atoms. The maximum absolute atomic E-state index is 12.5. The van der Waals surface area contributed by atoms with Crippen molar-refractivity contribution in [3.8, 4) is 5.75 Å². The number of nitrogens with zero attached hydrogens (tertiary/aromatic N) is 1. The van der Waals surface area contributed by atoms with Crippen LogP contribution in [0.4, 0.5) is 5.69 Å². The molecule has 0 radical (unpaired) electrons. The highest BCUT2D eigenvalue weighted by molar-refractivity contribution is 8.00. The number of amides is 1. The topological polar surface area (TPSA) is 84.1 Å². The lowest BCUT2D eigenvalue weighted by Crippen LogP contribution is -2.23. The Morgan fingerprint density at radius 2 is 2.12 bits per heavy atom. The summed E-state index contributed by atoms with van der Waals surface area (Å²) in [5.74, 6) is 0.456. The van der Waals surface area contributed by atoms with Gasteiger partial charge in [-0.25, -0.2) is 4.98 Å². The van der Waals surface area contributed by atoms with E-state index in [1.807, 2.05) is 25.1 Å². The molecule has 1 aromatic carbocycles. The van der Waals surface area contributed by atoms with Gasteiger partial charge in [-0.3, -0.25) is 9.59 Å². The molecule has 0 aliphatic heterocycles. The van der Waals surface area contributed by atoms with Crippen LogP contribution in [0.15, 0.2) is 40.3 Å². The minimum absolute atomic E-state index is 0.177. The Balaban J connectivity index is 2.05. The van der Waals surface area contributed by atoms with Gasteiger partial charge in [0.2, 0.25) is 5.91 Å².